The van der Waals surface area contributed by atoms with E-state index in [-0.39, 0.29) is 22.3 Å². The van der Waals surface area contributed by atoms with Gasteiger partial charge in [-0.1, -0.05) is 28.1 Å². The molecule has 170 valence electrons. The van der Waals surface area contributed by atoms with E-state index >= 15 is 0 Å². The fraction of sp³-hybridized carbons (Fsp3) is 0.0435. The Morgan fingerprint density at radius 3 is 2.50 bits per heavy atom. The summed E-state index contributed by atoms with van der Waals surface area (Å²) in [6, 6.07) is 14.6. The average Bonchev–Trinajstić information content (AvgIpc) is 2.79. The molecule has 1 aliphatic rings. The smallest absolute Gasteiger partial charge is 0.287 e. The van der Waals surface area contributed by atoms with Crippen LogP contribution in [-0.4, -0.2) is 26.8 Å². The van der Waals surface area contributed by atoms with E-state index in [1.165, 1.54) is 23.1 Å². The van der Waals surface area contributed by atoms with Gasteiger partial charge in [0.2, 0.25) is 5.88 Å². The summed E-state index contributed by atoms with van der Waals surface area (Å²) < 4.78 is 6.44. The number of nitrogens with one attached hydrogen (secondary N) is 1. The molecule has 2 aromatic carbocycles. The molecule has 1 fully saturated rings. The summed E-state index contributed by atoms with van der Waals surface area (Å²) in [5.41, 5.74) is 1.76. The highest BCUT2D eigenvalue weighted by Crippen LogP contribution is 2.28. The predicted octanol–water partition coefficient (Wildman–Crippen LogP) is 4.68. The van der Waals surface area contributed by atoms with Crippen LogP contribution in [0.25, 0.3) is 6.08 Å². The molecule has 4 rings (SSSR count). The van der Waals surface area contributed by atoms with Crippen LogP contribution in [0.1, 0.15) is 11.1 Å². The molecule has 0 atom stereocenters. The summed E-state index contributed by atoms with van der Waals surface area (Å²) in [6.07, 6.45) is 2.57. The van der Waals surface area contributed by atoms with Gasteiger partial charge < -0.3 is 4.74 Å². The number of halogens is 1. The lowest BCUT2D eigenvalue weighted by Crippen LogP contribution is -2.54. The number of aromatic nitrogens is 1. The minimum absolute atomic E-state index is 0.0110. The Hall–Kier alpha value is -3.96. The number of aryl methyl sites for hydroxylation is 1. The van der Waals surface area contributed by atoms with Gasteiger partial charge >= 0.3 is 0 Å². The third-order valence-corrected chi connectivity index (χ3v) is 5.62. The van der Waals surface area contributed by atoms with Crippen molar-refractivity contribution >= 4 is 62.5 Å². The van der Waals surface area contributed by atoms with E-state index in [2.05, 4.69) is 26.2 Å². The van der Waals surface area contributed by atoms with Gasteiger partial charge in [-0.05, 0) is 66.7 Å². The lowest BCUT2D eigenvalue weighted by molar-refractivity contribution is -0.385. The monoisotopic (exact) mass is 538 g/mol. The molecule has 34 heavy (non-hydrogen) atoms. The maximum absolute atomic E-state index is 13.2. The van der Waals surface area contributed by atoms with Crippen molar-refractivity contribution in [3.05, 3.63) is 92.1 Å². The highest BCUT2D eigenvalue weighted by atomic mass is 79.9. The molecule has 2 amide bonds. The van der Waals surface area contributed by atoms with E-state index < -0.39 is 16.7 Å². The van der Waals surface area contributed by atoms with Crippen LogP contribution in [0.2, 0.25) is 0 Å². The van der Waals surface area contributed by atoms with Gasteiger partial charge in [0.1, 0.15) is 17.5 Å². The minimum atomic E-state index is -0.587. The van der Waals surface area contributed by atoms with Gasteiger partial charge in [-0.25, -0.2) is 4.98 Å². The normalized spacial score (nSPS) is 14.8. The van der Waals surface area contributed by atoms with Crippen LogP contribution in [-0.2, 0) is 9.59 Å². The first kappa shape index (κ1) is 23.2. The van der Waals surface area contributed by atoms with Crippen molar-refractivity contribution in [2.24, 2.45) is 0 Å². The Balaban J connectivity index is 1.56. The number of nitrogens with zero attached hydrogens (tertiary/aromatic N) is 3. The Labute approximate surface area is 207 Å². The first-order valence-electron chi connectivity index (χ1n) is 9.79. The number of anilines is 1. The molecule has 1 saturated heterocycles. The van der Waals surface area contributed by atoms with Crippen LogP contribution in [0.5, 0.6) is 11.6 Å². The van der Waals surface area contributed by atoms with Gasteiger partial charge in [0, 0.05) is 16.6 Å². The fourth-order valence-electron chi connectivity index (χ4n) is 3.21. The molecule has 11 heteroatoms. The first-order chi connectivity index (χ1) is 16.2. The molecule has 0 radical (unpaired) electrons. The van der Waals surface area contributed by atoms with Crippen LogP contribution in [0.3, 0.4) is 0 Å². The Bertz CT molecular complexity index is 1360. The molecule has 0 bridgehead atoms. The van der Waals surface area contributed by atoms with E-state index in [1.54, 1.807) is 36.4 Å². The number of thiocarbonyl (C=S) groups is 1. The zero-order valence-electron chi connectivity index (χ0n) is 17.5. The molecule has 0 saturated carbocycles. The molecule has 0 aliphatic carbocycles. The summed E-state index contributed by atoms with van der Waals surface area (Å²) in [5.74, 6) is -0.505. The van der Waals surface area contributed by atoms with Crippen molar-refractivity contribution in [2.45, 2.75) is 6.92 Å². The Kier molecular flexibility index (Phi) is 6.48. The molecule has 3 aromatic rings. The molecule has 0 spiro atoms. The average molecular weight is 539 g/mol. The number of benzene rings is 2. The number of rotatable bonds is 5. The second kappa shape index (κ2) is 9.49. The predicted molar refractivity (Wildman–Crippen MR) is 132 cm³/mol. The molecule has 9 nitrogen and oxygen atoms in total. The van der Waals surface area contributed by atoms with Crippen LogP contribution in [0.15, 0.2) is 70.8 Å². The number of ether oxygens (including phenoxy) is 1. The molecule has 1 aliphatic heterocycles. The summed E-state index contributed by atoms with van der Waals surface area (Å²) >= 11 is 8.64. The fourth-order valence-corrected chi connectivity index (χ4v) is 3.96. The van der Waals surface area contributed by atoms with Crippen LogP contribution < -0.4 is 15.0 Å². The second-order valence-electron chi connectivity index (χ2n) is 7.17. The Morgan fingerprint density at radius 1 is 1.15 bits per heavy atom. The van der Waals surface area contributed by atoms with Crippen LogP contribution in [0, 0.1) is 17.0 Å². The number of hydrogen-bond acceptors (Lipinski definition) is 7. The molecule has 1 aromatic heterocycles. The summed E-state index contributed by atoms with van der Waals surface area (Å²) in [7, 11) is 0. The quantitative estimate of drug-likeness (QED) is 0.165. The molecule has 2 heterocycles. The number of pyridine rings is 1. The lowest BCUT2D eigenvalue weighted by atomic mass is 10.1. The largest absolute Gasteiger partial charge is 0.439 e. The van der Waals surface area contributed by atoms with E-state index in [9.17, 15) is 19.7 Å². The summed E-state index contributed by atoms with van der Waals surface area (Å²) in [5, 5.41) is 13.3. The molecular formula is C23H15BrN4O5S. The highest BCUT2D eigenvalue weighted by molar-refractivity contribution is 9.10. The third-order valence-electron chi connectivity index (χ3n) is 4.85. The second-order valence-corrected chi connectivity index (χ2v) is 8.47. The van der Waals surface area contributed by atoms with E-state index in [0.717, 1.165) is 16.2 Å². The lowest BCUT2D eigenvalue weighted by Gasteiger charge is -2.30. The first-order valence-corrected chi connectivity index (χ1v) is 11.0. The minimum Gasteiger partial charge on any atom is -0.439 e. The summed E-state index contributed by atoms with van der Waals surface area (Å²) in [6.45, 7) is 1.84. The third kappa shape index (κ3) is 4.85. The van der Waals surface area contributed by atoms with Gasteiger partial charge in [0.05, 0.1) is 10.6 Å². The standard InChI is InChI=1S/C23H15BrN4O5S/c1-13-10-15(24)4-8-19(13)27-22(30)18(21(29)26-23(27)34)11-14-2-6-17(7-3-14)33-20-9-5-16(12-25-20)28(31)32/h2-12H,1H3,(H,26,29,34)/b18-11+. The highest BCUT2D eigenvalue weighted by Gasteiger charge is 2.35. The maximum Gasteiger partial charge on any atom is 0.287 e. The number of hydrogen-bond donors (Lipinski definition) is 1. The van der Waals surface area contributed by atoms with Crippen molar-refractivity contribution in [1.29, 1.82) is 0 Å². The molecule has 1 N–H and O–H groups in total. The zero-order chi connectivity index (χ0) is 24.4. The van der Waals surface area contributed by atoms with Crippen molar-refractivity contribution in [1.82, 2.24) is 10.3 Å². The topological polar surface area (TPSA) is 115 Å². The number of amides is 2. The maximum atomic E-state index is 13.2. The van der Waals surface area contributed by atoms with Gasteiger partial charge in [-0.3, -0.25) is 29.9 Å². The van der Waals surface area contributed by atoms with E-state index in [0.29, 0.717) is 17.0 Å². The van der Waals surface area contributed by atoms with Gasteiger partial charge in [0.25, 0.3) is 17.5 Å². The number of carbonyl (C=O) groups is 2. The SMILES string of the molecule is Cc1cc(Br)ccc1N1C(=O)/C(=C/c2ccc(Oc3ccc([N+](=O)[O-])cn3)cc2)C(=O)NC1=S. The van der Waals surface area contributed by atoms with Crippen molar-refractivity contribution in [3.8, 4) is 11.6 Å². The van der Waals surface area contributed by atoms with E-state index in [1.807, 2.05) is 13.0 Å². The van der Waals surface area contributed by atoms with Crippen LogP contribution in [0.4, 0.5) is 11.4 Å². The Morgan fingerprint density at radius 2 is 1.88 bits per heavy atom. The van der Waals surface area contributed by atoms with Crippen molar-refractivity contribution < 1.29 is 19.2 Å². The zero-order valence-corrected chi connectivity index (χ0v) is 19.9. The molecular weight excluding hydrogens is 524 g/mol. The van der Waals surface area contributed by atoms with Gasteiger partial charge in [0.15, 0.2) is 5.11 Å². The van der Waals surface area contributed by atoms with Gasteiger partial charge in [-0.2, -0.15) is 0 Å². The molecule has 0 unspecified atom stereocenters. The van der Waals surface area contributed by atoms with Crippen molar-refractivity contribution in [2.75, 3.05) is 4.90 Å². The van der Waals surface area contributed by atoms with Gasteiger partial charge in [-0.15, -0.1) is 0 Å². The van der Waals surface area contributed by atoms with Crippen molar-refractivity contribution in [3.63, 3.8) is 0 Å². The number of carbonyl (C=O) groups excluding carboxylic acids is 2. The van der Waals surface area contributed by atoms with E-state index in [4.69, 9.17) is 17.0 Å². The van der Waals surface area contributed by atoms with Crippen LogP contribution >= 0.6 is 28.1 Å². The summed E-state index contributed by atoms with van der Waals surface area (Å²) in [4.78, 5) is 41.1. The number of nitro groups is 1.